The molecule has 4 rings (SSSR count). The monoisotopic (exact) mass is 485 g/mol. The summed E-state index contributed by atoms with van der Waals surface area (Å²) in [5.74, 6) is -3.55. The van der Waals surface area contributed by atoms with Crippen molar-refractivity contribution < 1.29 is 36.2 Å². The number of alkyl halides is 3. The van der Waals surface area contributed by atoms with Crippen LogP contribution in [-0.4, -0.2) is 34.0 Å². The van der Waals surface area contributed by atoms with E-state index < -0.39 is 52.6 Å². The molecule has 182 valence electrons. The first-order valence-corrected chi connectivity index (χ1v) is 10.2. The molecule has 0 amide bonds. The fourth-order valence-electron chi connectivity index (χ4n) is 4.78. The molecule has 1 heterocycles. The summed E-state index contributed by atoms with van der Waals surface area (Å²) in [6.07, 6.45) is -4.85. The lowest BCUT2D eigenvalue weighted by molar-refractivity contribution is -0.275. The second kappa shape index (κ2) is 7.72. The minimum absolute atomic E-state index is 0.0884. The molecule has 0 spiro atoms. The third-order valence-electron chi connectivity index (χ3n) is 6.20. The van der Waals surface area contributed by atoms with Gasteiger partial charge in [-0.25, -0.2) is 23.1 Å². The van der Waals surface area contributed by atoms with Crippen LogP contribution in [0.1, 0.15) is 43.3 Å². The van der Waals surface area contributed by atoms with Crippen molar-refractivity contribution in [1.82, 2.24) is 9.97 Å². The number of methoxy groups -OCH3 is 1. The van der Waals surface area contributed by atoms with Gasteiger partial charge in [0, 0.05) is 28.9 Å². The van der Waals surface area contributed by atoms with Crippen LogP contribution >= 0.6 is 0 Å². The van der Waals surface area contributed by atoms with E-state index in [0.29, 0.717) is 6.07 Å². The van der Waals surface area contributed by atoms with E-state index in [-0.39, 0.29) is 33.8 Å². The molecule has 2 atom stereocenters. The van der Waals surface area contributed by atoms with E-state index in [1.165, 1.54) is 27.9 Å². The van der Waals surface area contributed by atoms with E-state index in [4.69, 9.17) is 4.74 Å². The minimum atomic E-state index is -5.14. The zero-order valence-corrected chi connectivity index (χ0v) is 18.6. The zero-order valence-electron chi connectivity index (χ0n) is 18.6. The van der Waals surface area contributed by atoms with Crippen molar-refractivity contribution in [2.75, 3.05) is 12.4 Å². The number of hydrogen-bond acceptors (Lipinski definition) is 5. The van der Waals surface area contributed by atoms with Crippen LogP contribution in [0, 0.1) is 24.4 Å². The minimum Gasteiger partial charge on any atom is -0.493 e. The molecule has 0 fully saturated rings. The number of nitrogens with zero attached hydrogens (tertiary/aromatic N) is 2. The number of rotatable bonds is 3. The third kappa shape index (κ3) is 3.53. The Morgan fingerprint density at radius 1 is 1.15 bits per heavy atom. The van der Waals surface area contributed by atoms with Gasteiger partial charge in [-0.1, -0.05) is 19.9 Å². The van der Waals surface area contributed by atoms with Gasteiger partial charge in [0.05, 0.1) is 13.2 Å². The van der Waals surface area contributed by atoms with E-state index >= 15 is 0 Å². The summed E-state index contributed by atoms with van der Waals surface area (Å²) in [6.45, 7) is 4.31. The number of aryl methyl sites for hydroxylation is 1. The van der Waals surface area contributed by atoms with E-state index in [9.17, 15) is 31.4 Å². The summed E-state index contributed by atoms with van der Waals surface area (Å²) < 4.78 is 91.4. The SMILES string of the molecule is COc1c(F)ccc2c1C(C)(C)C[C@](O)(C(F)(F)F)[C@H]2Nc1cc(F)c(F)c2nc(C)ncc12. The Kier molecular flexibility index (Phi) is 5.47. The first kappa shape index (κ1) is 24.1. The van der Waals surface area contributed by atoms with Gasteiger partial charge in [-0.15, -0.1) is 0 Å². The molecule has 2 aromatic carbocycles. The normalized spacial score (nSPS) is 21.9. The van der Waals surface area contributed by atoms with E-state index in [2.05, 4.69) is 15.3 Å². The van der Waals surface area contributed by atoms with Gasteiger partial charge >= 0.3 is 6.18 Å². The van der Waals surface area contributed by atoms with Crippen molar-refractivity contribution in [3.63, 3.8) is 0 Å². The summed E-state index contributed by atoms with van der Waals surface area (Å²) in [5.41, 5.74) is -5.38. The van der Waals surface area contributed by atoms with Crippen molar-refractivity contribution in [2.45, 2.75) is 50.4 Å². The van der Waals surface area contributed by atoms with E-state index in [1.807, 2.05) is 0 Å². The molecule has 0 radical (unpaired) electrons. The molecule has 3 aromatic rings. The van der Waals surface area contributed by atoms with Gasteiger partial charge in [-0.3, -0.25) is 0 Å². The molecule has 0 saturated heterocycles. The quantitative estimate of drug-likeness (QED) is 0.480. The fourth-order valence-corrected chi connectivity index (χ4v) is 4.78. The molecule has 11 heteroatoms. The van der Waals surface area contributed by atoms with Crippen molar-refractivity contribution in [1.29, 1.82) is 0 Å². The lowest BCUT2D eigenvalue weighted by atomic mass is 9.63. The van der Waals surface area contributed by atoms with Crippen molar-refractivity contribution in [2.24, 2.45) is 0 Å². The summed E-state index contributed by atoms with van der Waals surface area (Å²) in [7, 11) is 1.18. The Labute approximate surface area is 190 Å². The Bertz CT molecular complexity index is 1290. The largest absolute Gasteiger partial charge is 0.493 e. The molecule has 0 bridgehead atoms. The average molecular weight is 485 g/mol. The summed E-state index contributed by atoms with van der Waals surface area (Å²) >= 11 is 0. The van der Waals surface area contributed by atoms with Crippen LogP contribution in [0.2, 0.25) is 0 Å². The number of aromatic nitrogens is 2. The summed E-state index contributed by atoms with van der Waals surface area (Å²) in [5, 5.41) is 13.5. The van der Waals surface area contributed by atoms with Crippen LogP contribution in [-0.2, 0) is 5.41 Å². The first-order chi connectivity index (χ1) is 15.7. The maximum atomic E-state index is 14.5. The van der Waals surface area contributed by atoms with Crippen LogP contribution in [0.15, 0.2) is 24.4 Å². The second-order valence-electron chi connectivity index (χ2n) is 9.00. The van der Waals surface area contributed by atoms with Crippen molar-refractivity contribution >= 4 is 16.6 Å². The van der Waals surface area contributed by atoms with Gasteiger partial charge < -0.3 is 15.2 Å². The predicted octanol–water partition coefficient (Wildman–Crippen LogP) is 5.49. The number of hydrogen-bond donors (Lipinski definition) is 2. The van der Waals surface area contributed by atoms with Gasteiger partial charge in [0.25, 0.3) is 0 Å². The van der Waals surface area contributed by atoms with Crippen LogP contribution in [0.25, 0.3) is 10.9 Å². The number of nitrogens with one attached hydrogen (secondary N) is 1. The Hall–Kier alpha value is -3.08. The second-order valence-corrected chi connectivity index (χ2v) is 9.00. The van der Waals surface area contributed by atoms with Gasteiger partial charge in [-0.05, 0) is 30.4 Å². The maximum Gasteiger partial charge on any atom is 0.419 e. The van der Waals surface area contributed by atoms with E-state index in [1.54, 1.807) is 0 Å². The fraction of sp³-hybridized carbons (Fsp3) is 0.391. The lowest BCUT2D eigenvalue weighted by Gasteiger charge is -2.49. The molecule has 1 aliphatic carbocycles. The smallest absolute Gasteiger partial charge is 0.419 e. The number of ether oxygens (including phenoxy) is 1. The molecule has 5 nitrogen and oxygen atoms in total. The van der Waals surface area contributed by atoms with Gasteiger partial charge in [0.1, 0.15) is 11.3 Å². The maximum absolute atomic E-state index is 14.5. The van der Waals surface area contributed by atoms with Crippen LogP contribution in [0.5, 0.6) is 5.75 Å². The topological polar surface area (TPSA) is 67.3 Å². The average Bonchev–Trinajstić information content (AvgIpc) is 2.73. The molecular weight excluding hydrogens is 464 g/mol. The molecule has 0 saturated carbocycles. The van der Waals surface area contributed by atoms with Gasteiger partial charge in [-0.2, -0.15) is 13.2 Å². The molecule has 2 N–H and O–H groups in total. The van der Waals surface area contributed by atoms with Gasteiger partial charge in [0.15, 0.2) is 28.8 Å². The third-order valence-corrected chi connectivity index (χ3v) is 6.20. The molecule has 0 unspecified atom stereocenters. The lowest BCUT2D eigenvalue weighted by Crippen LogP contribution is -2.58. The Morgan fingerprint density at radius 2 is 1.82 bits per heavy atom. The number of aliphatic hydroxyl groups is 1. The van der Waals surface area contributed by atoms with Crippen molar-refractivity contribution in [3.05, 3.63) is 58.8 Å². The summed E-state index contributed by atoms with van der Waals surface area (Å²) in [6, 6.07) is 0.804. The predicted molar refractivity (Wildman–Crippen MR) is 112 cm³/mol. The molecule has 34 heavy (non-hydrogen) atoms. The molecular formula is C23H21F6N3O2. The number of benzene rings is 2. The molecule has 0 aliphatic heterocycles. The first-order valence-electron chi connectivity index (χ1n) is 10.2. The van der Waals surface area contributed by atoms with Crippen LogP contribution in [0.4, 0.5) is 32.0 Å². The highest BCUT2D eigenvalue weighted by molar-refractivity contribution is 5.91. The highest BCUT2D eigenvalue weighted by Crippen LogP contribution is 2.56. The number of fused-ring (bicyclic) bond motifs is 2. The molecule has 1 aliphatic rings. The van der Waals surface area contributed by atoms with Crippen LogP contribution < -0.4 is 10.1 Å². The standard InChI is InChI=1S/C23H21F6N3O2/c1-10-30-8-12-15(7-14(25)17(26)18(12)31-10)32-20-11-5-6-13(24)19(34-4)16(11)21(2,3)9-22(20,33)23(27,28)29/h5-8,20,32-33H,9H2,1-4H3/t20-,22+/m0/s1. The van der Waals surface area contributed by atoms with Crippen molar-refractivity contribution in [3.8, 4) is 5.75 Å². The zero-order chi connectivity index (χ0) is 25.2. The highest BCUT2D eigenvalue weighted by Gasteiger charge is 2.64. The number of halogens is 6. The molecule has 1 aromatic heterocycles. The van der Waals surface area contributed by atoms with Gasteiger partial charge in [0.2, 0.25) is 0 Å². The highest BCUT2D eigenvalue weighted by atomic mass is 19.4. The van der Waals surface area contributed by atoms with Crippen LogP contribution in [0.3, 0.4) is 0 Å². The summed E-state index contributed by atoms with van der Waals surface area (Å²) in [4.78, 5) is 7.79. The Morgan fingerprint density at radius 3 is 2.44 bits per heavy atom. The van der Waals surface area contributed by atoms with E-state index in [0.717, 1.165) is 18.3 Å². The number of anilines is 1. The Balaban J connectivity index is 2.01.